The number of nitrogens with zero attached hydrogens (tertiary/aromatic N) is 1. The lowest BCUT2D eigenvalue weighted by Crippen LogP contribution is -2.33. The molecule has 2 amide bonds. The number of cyclic esters (lactones) is 1. The molecule has 0 saturated carbocycles. The molecule has 23 heavy (non-hydrogen) atoms. The second kappa shape index (κ2) is 6.54. The molecule has 1 unspecified atom stereocenters. The molecule has 2 aliphatic heterocycles. The van der Waals surface area contributed by atoms with Crippen LogP contribution in [0.1, 0.15) is 24.8 Å². The molecule has 6 nitrogen and oxygen atoms in total. The maximum Gasteiger partial charge on any atom is 0.414 e. The van der Waals surface area contributed by atoms with Crippen molar-refractivity contribution in [2.45, 2.75) is 25.4 Å². The lowest BCUT2D eigenvalue weighted by Gasteiger charge is -2.16. The van der Waals surface area contributed by atoms with E-state index in [-0.39, 0.29) is 24.2 Å². The maximum absolute atomic E-state index is 14.4. The summed E-state index contributed by atoms with van der Waals surface area (Å²) in [4.78, 5) is 24.3. The third kappa shape index (κ3) is 3.44. The summed E-state index contributed by atoms with van der Waals surface area (Å²) in [5, 5.41) is 5.83. The summed E-state index contributed by atoms with van der Waals surface area (Å²) in [5.41, 5.74) is 1.16. The SMILES string of the molecule is CC(=O)NC[C@H]1CN(c2ccc(C3CCNC3)c(F)c2)C(=O)O1. The minimum atomic E-state index is -0.518. The monoisotopic (exact) mass is 321 g/mol. The van der Waals surface area contributed by atoms with E-state index in [1.165, 1.54) is 17.9 Å². The van der Waals surface area contributed by atoms with Crippen LogP contribution >= 0.6 is 0 Å². The Labute approximate surface area is 134 Å². The first-order valence-electron chi connectivity index (χ1n) is 7.77. The van der Waals surface area contributed by atoms with Crippen LogP contribution in [0.2, 0.25) is 0 Å². The molecule has 0 bridgehead atoms. The van der Waals surface area contributed by atoms with Gasteiger partial charge in [-0.05, 0) is 30.7 Å². The van der Waals surface area contributed by atoms with E-state index < -0.39 is 12.2 Å². The molecule has 0 aliphatic carbocycles. The second-order valence-electron chi connectivity index (χ2n) is 5.95. The summed E-state index contributed by atoms with van der Waals surface area (Å²) < 4.78 is 19.6. The Balaban J connectivity index is 1.70. The van der Waals surface area contributed by atoms with Crippen LogP contribution in [0.5, 0.6) is 0 Å². The minimum absolute atomic E-state index is 0.180. The molecule has 2 N–H and O–H groups in total. The van der Waals surface area contributed by atoms with Gasteiger partial charge in [0.2, 0.25) is 5.91 Å². The van der Waals surface area contributed by atoms with E-state index in [1.54, 1.807) is 12.1 Å². The van der Waals surface area contributed by atoms with Crippen LogP contribution in [0.25, 0.3) is 0 Å². The van der Waals surface area contributed by atoms with E-state index in [1.807, 2.05) is 0 Å². The van der Waals surface area contributed by atoms with Crippen molar-refractivity contribution >= 4 is 17.7 Å². The molecule has 1 aromatic rings. The number of hydrogen-bond donors (Lipinski definition) is 2. The van der Waals surface area contributed by atoms with Crippen LogP contribution in [0, 0.1) is 5.82 Å². The summed E-state index contributed by atoms with van der Waals surface area (Å²) in [5.74, 6) is -0.295. The fourth-order valence-corrected chi connectivity index (χ4v) is 3.03. The highest BCUT2D eigenvalue weighted by Crippen LogP contribution is 2.29. The summed E-state index contributed by atoms with van der Waals surface area (Å²) in [7, 11) is 0. The molecule has 0 radical (unpaired) electrons. The van der Waals surface area contributed by atoms with Gasteiger partial charge in [-0.2, -0.15) is 0 Å². The first kappa shape index (κ1) is 15.7. The lowest BCUT2D eigenvalue weighted by molar-refractivity contribution is -0.119. The van der Waals surface area contributed by atoms with Crippen molar-refractivity contribution in [1.82, 2.24) is 10.6 Å². The Morgan fingerprint density at radius 2 is 2.35 bits per heavy atom. The average molecular weight is 321 g/mol. The van der Waals surface area contributed by atoms with E-state index in [0.717, 1.165) is 19.5 Å². The molecule has 0 aromatic heterocycles. The van der Waals surface area contributed by atoms with Crippen LogP contribution in [-0.4, -0.2) is 44.3 Å². The van der Waals surface area contributed by atoms with Crippen molar-refractivity contribution < 1.29 is 18.7 Å². The van der Waals surface area contributed by atoms with E-state index in [9.17, 15) is 14.0 Å². The van der Waals surface area contributed by atoms with Gasteiger partial charge in [-0.1, -0.05) is 6.07 Å². The Bertz CT molecular complexity index is 617. The summed E-state index contributed by atoms with van der Waals surface area (Å²) in [6.45, 7) is 3.63. The number of ether oxygens (including phenoxy) is 1. The number of benzene rings is 1. The molecule has 2 saturated heterocycles. The number of nitrogens with one attached hydrogen (secondary N) is 2. The number of hydrogen-bond acceptors (Lipinski definition) is 4. The molecular weight excluding hydrogens is 301 g/mol. The topological polar surface area (TPSA) is 70.7 Å². The first-order valence-corrected chi connectivity index (χ1v) is 7.77. The van der Waals surface area contributed by atoms with Crippen molar-refractivity contribution in [2.75, 3.05) is 31.1 Å². The fourth-order valence-electron chi connectivity index (χ4n) is 3.03. The molecule has 1 aromatic carbocycles. The zero-order valence-corrected chi connectivity index (χ0v) is 13.0. The molecule has 7 heteroatoms. The van der Waals surface area contributed by atoms with Gasteiger partial charge in [-0.25, -0.2) is 9.18 Å². The van der Waals surface area contributed by atoms with Crippen LogP contribution in [-0.2, 0) is 9.53 Å². The van der Waals surface area contributed by atoms with Gasteiger partial charge >= 0.3 is 6.09 Å². The Hall–Kier alpha value is -2.15. The van der Waals surface area contributed by atoms with Crippen LogP contribution in [0.3, 0.4) is 0 Å². The van der Waals surface area contributed by atoms with E-state index in [4.69, 9.17) is 4.74 Å². The molecule has 2 atom stereocenters. The normalized spacial score (nSPS) is 23.9. The molecule has 124 valence electrons. The van der Waals surface area contributed by atoms with Gasteiger partial charge in [0.05, 0.1) is 18.8 Å². The number of carbonyl (C=O) groups excluding carboxylic acids is 2. The van der Waals surface area contributed by atoms with Crippen molar-refractivity contribution in [3.05, 3.63) is 29.6 Å². The number of anilines is 1. The summed E-state index contributed by atoms with van der Waals surface area (Å²) in [6, 6.07) is 4.88. The second-order valence-corrected chi connectivity index (χ2v) is 5.95. The predicted octanol–water partition coefficient (Wildman–Crippen LogP) is 1.36. The smallest absolute Gasteiger partial charge is 0.414 e. The van der Waals surface area contributed by atoms with Gasteiger partial charge < -0.3 is 15.4 Å². The van der Waals surface area contributed by atoms with E-state index in [0.29, 0.717) is 17.8 Å². The highest BCUT2D eigenvalue weighted by atomic mass is 19.1. The molecule has 2 fully saturated rings. The van der Waals surface area contributed by atoms with Crippen LogP contribution in [0.15, 0.2) is 18.2 Å². The van der Waals surface area contributed by atoms with Gasteiger partial charge in [0, 0.05) is 19.4 Å². The first-order chi connectivity index (χ1) is 11.0. The van der Waals surface area contributed by atoms with Crippen molar-refractivity contribution in [3.63, 3.8) is 0 Å². The quantitative estimate of drug-likeness (QED) is 0.878. The predicted molar refractivity (Wildman–Crippen MR) is 82.9 cm³/mol. The number of carbonyl (C=O) groups is 2. The lowest BCUT2D eigenvalue weighted by atomic mass is 9.97. The van der Waals surface area contributed by atoms with Crippen molar-refractivity contribution in [3.8, 4) is 0 Å². The highest BCUT2D eigenvalue weighted by molar-refractivity contribution is 5.89. The van der Waals surface area contributed by atoms with Crippen LogP contribution < -0.4 is 15.5 Å². The molecular formula is C16H20FN3O3. The third-order valence-corrected chi connectivity index (χ3v) is 4.25. The van der Waals surface area contributed by atoms with Gasteiger partial charge in [-0.15, -0.1) is 0 Å². The van der Waals surface area contributed by atoms with Gasteiger partial charge in [-0.3, -0.25) is 9.69 Å². The number of rotatable bonds is 4. The molecule has 2 heterocycles. The Morgan fingerprint density at radius 3 is 3.00 bits per heavy atom. The largest absolute Gasteiger partial charge is 0.442 e. The minimum Gasteiger partial charge on any atom is -0.442 e. The average Bonchev–Trinajstić information content (AvgIpc) is 3.14. The maximum atomic E-state index is 14.4. The fraction of sp³-hybridized carbons (Fsp3) is 0.500. The molecule has 3 rings (SSSR count). The van der Waals surface area contributed by atoms with Gasteiger partial charge in [0.1, 0.15) is 11.9 Å². The van der Waals surface area contributed by atoms with Crippen LogP contribution in [0.4, 0.5) is 14.9 Å². The summed E-state index contributed by atoms with van der Waals surface area (Å²) >= 11 is 0. The van der Waals surface area contributed by atoms with Gasteiger partial charge in [0.15, 0.2) is 0 Å². The van der Waals surface area contributed by atoms with Crippen molar-refractivity contribution in [2.24, 2.45) is 0 Å². The zero-order valence-electron chi connectivity index (χ0n) is 13.0. The number of halogens is 1. The molecule has 2 aliphatic rings. The molecule has 0 spiro atoms. The Morgan fingerprint density at radius 1 is 1.52 bits per heavy atom. The van der Waals surface area contributed by atoms with Gasteiger partial charge in [0.25, 0.3) is 0 Å². The Kier molecular flexibility index (Phi) is 4.47. The highest BCUT2D eigenvalue weighted by Gasteiger charge is 2.33. The standard InChI is InChI=1S/C16H20FN3O3/c1-10(21)19-8-13-9-20(16(22)23-13)12-2-3-14(15(17)6-12)11-4-5-18-7-11/h2-3,6,11,13,18H,4-5,7-9H2,1H3,(H,19,21)/t11?,13-/m0/s1. The zero-order chi connectivity index (χ0) is 16.4. The van der Waals surface area contributed by atoms with E-state index >= 15 is 0 Å². The van der Waals surface area contributed by atoms with E-state index in [2.05, 4.69) is 10.6 Å². The summed E-state index contributed by atoms with van der Waals surface area (Å²) in [6.07, 6.45) is -0.0240. The van der Waals surface area contributed by atoms with Crippen molar-refractivity contribution in [1.29, 1.82) is 0 Å². The number of amides is 2. The third-order valence-electron chi connectivity index (χ3n) is 4.25.